The molecule has 0 amide bonds. The third-order valence-electron chi connectivity index (χ3n) is 7.43. The molecule has 10 atom stereocenters. The molecule has 21 nitrogen and oxygen atoms in total. The van der Waals surface area contributed by atoms with E-state index in [1.54, 1.807) is 0 Å². The Bertz CT molecular complexity index is 1940. The van der Waals surface area contributed by atoms with Crippen LogP contribution in [0, 0.1) is 0 Å². The summed E-state index contributed by atoms with van der Waals surface area (Å²) in [7, 11) is -9.79. The Hall–Kier alpha value is -3.50. The minimum absolute atomic E-state index is 0.00967. The first-order chi connectivity index (χ1) is 21.3. The van der Waals surface area contributed by atoms with Crippen molar-refractivity contribution >= 4 is 49.6 Å². The van der Waals surface area contributed by atoms with Crippen LogP contribution in [-0.4, -0.2) is 98.7 Å². The lowest BCUT2D eigenvalue weighted by atomic mass is 10.1. The highest BCUT2D eigenvalue weighted by Gasteiger charge is 2.54. The van der Waals surface area contributed by atoms with Crippen molar-refractivity contribution in [2.45, 2.75) is 49.2 Å². The predicted octanol–water partition coefficient (Wildman–Crippen LogP) is -1.24. The quantitative estimate of drug-likeness (QED) is 0.122. The van der Waals surface area contributed by atoms with Crippen molar-refractivity contribution in [3.8, 4) is 0 Å². The number of fused-ring (bicyclic) bond motifs is 4. The van der Waals surface area contributed by atoms with Gasteiger partial charge in [-0.1, -0.05) is 0 Å². The topological polar surface area (TPSA) is 295 Å². The smallest absolute Gasteiger partial charge is 0.382 e. The number of anilines is 2. The van der Waals surface area contributed by atoms with Crippen molar-refractivity contribution in [2.75, 3.05) is 24.6 Å². The molecule has 3 saturated heterocycles. The Labute approximate surface area is 248 Å². The van der Waals surface area contributed by atoms with Gasteiger partial charge < -0.3 is 30.7 Å². The number of imidazole rings is 2. The molecule has 9 N–H and O–H groups in total. The molecule has 4 aromatic rings. The molecule has 7 rings (SSSR count). The summed E-state index contributed by atoms with van der Waals surface area (Å²) in [6.45, 7) is -1.34. The van der Waals surface area contributed by atoms with Crippen LogP contribution in [0.4, 0.5) is 20.5 Å². The summed E-state index contributed by atoms with van der Waals surface area (Å²) >= 11 is 0. The van der Waals surface area contributed by atoms with Gasteiger partial charge in [-0.2, -0.15) is 4.98 Å². The molecule has 242 valence electrons. The van der Waals surface area contributed by atoms with E-state index in [4.69, 9.17) is 30.0 Å². The van der Waals surface area contributed by atoms with Crippen molar-refractivity contribution in [1.29, 1.82) is 0 Å². The van der Waals surface area contributed by atoms with Gasteiger partial charge in [0.1, 0.15) is 36.3 Å². The second kappa shape index (κ2) is 10.8. The molecule has 7 heterocycles. The van der Waals surface area contributed by atoms with Gasteiger partial charge in [0.15, 0.2) is 47.4 Å². The van der Waals surface area contributed by atoms with Crippen LogP contribution in [0.15, 0.2) is 23.8 Å². The molecule has 0 radical (unpaired) electrons. The van der Waals surface area contributed by atoms with E-state index in [1.165, 1.54) is 10.9 Å². The number of hydrogen-bond donors (Lipinski definition) is 7. The summed E-state index contributed by atoms with van der Waals surface area (Å²) < 4.78 is 82.2. The molecule has 10 unspecified atom stereocenters. The van der Waals surface area contributed by atoms with Crippen LogP contribution in [0.5, 0.6) is 0 Å². The number of aromatic nitrogens is 8. The molecule has 0 bridgehead atoms. The SMILES string of the molecule is Nc1nc2c(ncn2C2OC3CNP(=O)(O)OC4C(CNP(=O)(O)OC3C2F)OC(n2cnc3c(N)ncnc32)C4F)c(=O)[nH]1. The Balaban J connectivity index is 1.17. The molecule has 3 aliphatic heterocycles. The van der Waals surface area contributed by atoms with Gasteiger partial charge in [-0.05, 0) is 0 Å². The van der Waals surface area contributed by atoms with Crippen LogP contribution < -0.4 is 27.2 Å². The number of alkyl halides is 2. The van der Waals surface area contributed by atoms with Gasteiger partial charge in [-0.3, -0.25) is 28.0 Å². The number of nitrogens with two attached hydrogens (primary N) is 2. The van der Waals surface area contributed by atoms with Crippen molar-refractivity contribution in [1.82, 2.24) is 49.2 Å². The molecule has 3 fully saturated rings. The van der Waals surface area contributed by atoms with E-state index in [0.717, 1.165) is 17.2 Å². The minimum atomic E-state index is -4.90. The Kier molecular flexibility index (Phi) is 7.24. The van der Waals surface area contributed by atoms with Gasteiger partial charge in [-0.25, -0.2) is 48.0 Å². The largest absolute Gasteiger partial charge is 0.403 e. The van der Waals surface area contributed by atoms with Crippen LogP contribution in [0.2, 0.25) is 0 Å². The van der Waals surface area contributed by atoms with E-state index in [-0.39, 0.29) is 34.1 Å². The second-order valence-corrected chi connectivity index (χ2v) is 13.4. The van der Waals surface area contributed by atoms with Gasteiger partial charge >= 0.3 is 15.5 Å². The van der Waals surface area contributed by atoms with Gasteiger partial charge in [0.25, 0.3) is 5.56 Å². The van der Waals surface area contributed by atoms with Crippen LogP contribution in [-0.2, 0) is 27.7 Å². The van der Waals surface area contributed by atoms with E-state index < -0.39 is 83.4 Å². The molecule has 3 aliphatic rings. The lowest BCUT2D eigenvalue weighted by Gasteiger charge is -2.28. The summed E-state index contributed by atoms with van der Waals surface area (Å²) in [4.78, 5) is 55.5. The zero-order valence-electron chi connectivity index (χ0n) is 22.5. The fraction of sp³-hybridized carbons (Fsp3) is 0.500. The molecule has 0 aliphatic carbocycles. The highest BCUT2D eigenvalue weighted by atomic mass is 31.2. The number of rotatable bonds is 2. The van der Waals surface area contributed by atoms with Crippen molar-refractivity contribution in [3.63, 3.8) is 0 Å². The van der Waals surface area contributed by atoms with Gasteiger partial charge in [0.2, 0.25) is 5.95 Å². The number of halogens is 2. The van der Waals surface area contributed by atoms with Crippen LogP contribution in [0.1, 0.15) is 12.5 Å². The Morgan fingerprint density at radius 2 is 1.38 bits per heavy atom. The second-order valence-electron chi connectivity index (χ2n) is 10.3. The number of ether oxygens (including phenoxy) is 2. The third kappa shape index (κ3) is 5.29. The highest BCUT2D eigenvalue weighted by molar-refractivity contribution is 7.50. The maximum atomic E-state index is 15.9. The average Bonchev–Trinajstić information content (AvgIpc) is 3.72. The van der Waals surface area contributed by atoms with E-state index in [9.17, 15) is 23.7 Å². The maximum Gasteiger partial charge on any atom is 0.403 e. The number of H-pyrrole nitrogens is 1. The fourth-order valence-electron chi connectivity index (χ4n) is 5.42. The van der Waals surface area contributed by atoms with E-state index in [1.807, 2.05) is 0 Å². The molecule has 25 heteroatoms. The summed E-state index contributed by atoms with van der Waals surface area (Å²) in [6.07, 6.45) is -10.7. The zero-order chi connectivity index (χ0) is 31.8. The molecular weight excluding hydrogens is 652 g/mol. The zero-order valence-corrected chi connectivity index (χ0v) is 24.2. The normalized spacial score (nSPS) is 37.7. The van der Waals surface area contributed by atoms with Gasteiger partial charge in [-0.15, -0.1) is 0 Å². The lowest BCUT2D eigenvalue weighted by Crippen LogP contribution is -2.43. The molecule has 4 aromatic heterocycles. The Morgan fingerprint density at radius 1 is 0.844 bits per heavy atom. The van der Waals surface area contributed by atoms with E-state index in [0.29, 0.717) is 0 Å². The van der Waals surface area contributed by atoms with E-state index in [2.05, 4.69) is 40.1 Å². The number of nitrogen functional groups attached to an aromatic ring is 2. The first-order valence-electron chi connectivity index (χ1n) is 13.1. The summed E-state index contributed by atoms with van der Waals surface area (Å²) in [5, 5.41) is 4.34. The molecule has 0 saturated carbocycles. The van der Waals surface area contributed by atoms with Crippen LogP contribution in [0.3, 0.4) is 0 Å². The highest BCUT2D eigenvalue weighted by Crippen LogP contribution is 2.50. The Morgan fingerprint density at radius 3 is 1.96 bits per heavy atom. The molecule has 0 spiro atoms. The van der Waals surface area contributed by atoms with Crippen LogP contribution >= 0.6 is 15.5 Å². The minimum Gasteiger partial charge on any atom is -0.382 e. The molecule has 0 aromatic carbocycles. The third-order valence-corrected chi connectivity index (χ3v) is 9.66. The number of aromatic amines is 1. The standard InChI is InChI=1S/C20H24F2N12O9P2/c21-8-12-6(40-18(8)33-4-27-10-14(23)25-3-26-15(10)33)1-29-45(38,39)43-13-7(2-30-44(36,37)42-12)41-19(9(13)22)34-5-28-11-16(34)31-20(24)32-17(11)35/h3-9,12-13,18-19H,1-2H2,(H2,23,25,26)(H2,29,38,39)(H2,30,36,37)(H3,24,31,32,35). The van der Waals surface area contributed by atoms with Crippen molar-refractivity contribution in [3.05, 3.63) is 29.3 Å². The average molecular weight is 676 g/mol. The van der Waals surface area contributed by atoms with E-state index >= 15 is 8.78 Å². The predicted molar refractivity (Wildman–Crippen MR) is 145 cm³/mol. The number of hydrogen-bond acceptors (Lipinski definition) is 14. The van der Waals surface area contributed by atoms with Crippen molar-refractivity contribution < 1.29 is 46.2 Å². The first-order valence-corrected chi connectivity index (χ1v) is 16.2. The number of nitrogens with zero attached hydrogens (tertiary/aromatic N) is 7. The number of nitrogens with one attached hydrogen (secondary N) is 3. The summed E-state index contributed by atoms with van der Waals surface area (Å²) in [6, 6.07) is 0. The fourth-order valence-corrected chi connectivity index (χ4v) is 7.55. The molecular formula is C20H24F2N12O9P2. The van der Waals surface area contributed by atoms with Gasteiger partial charge in [0, 0.05) is 13.1 Å². The first kappa shape index (κ1) is 30.2. The van der Waals surface area contributed by atoms with Gasteiger partial charge in [0.05, 0.1) is 12.7 Å². The van der Waals surface area contributed by atoms with Crippen LogP contribution in [0.25, 0.3) is 22.3 Å². The lowest BCUT2D eigenvalue weighted by molar-refractivity contribution is -0.0243. The summed E-state index contributed by atoms with van der Waals surface area (Å²) in [5.41, 5.74) is 10.6. The monoisotopic (exact) mass is 676 g/mol. The molecule has 45 heavy (non-hydrogen) atoms. The summed E-state index contributed by atoms with van der Waals surface area (Å²) in [5.74, 6) is -0.287. The van der Waals surface area contributed by atoms with Crippen molar-refractivity contribution in [2.24, 2.45) is 0 Å². The maximum absolute atomic E-state index is 15.9.